The highest BCUT2D eigenvalue weighted by atomic mass is 16.5. The van der Waals surface area contributed by atoms with Crippen LogP contribution in [-0.4, -0.2) is 42.6 Å². The Morgan fingerprint density at radius 3 is 2.77 bits per heavy atom. The highest BCUT2D eigenvalue weighted by Crippen LogP contribution is 2.23. The van der Waals surface area contributed by atoms with Gasteiger partial charge in [0.2, 0.25) is 0 Å². The molecule has 2 aromatic rings. The van der Waals surface area contributed by atoms with Gasteiger partial charge in [-0.25, -0.2) is 9.97 Å². The van der Waals surface area contributed by atoms with Crippen molar-refractivity contribution in [1.82, 2.24) is 15.3 Å². The molecule has 0 radical (unpaired) electrons. The van der Waals surface area contributed by atoms with E-state index in [0.29, 0.717) is 35.3 Å². The van der Waals surface area contributed by atoms with Crippen molar-refractivity contribution >= 4 is 11.7 Å². The van der Waals surface area contributed by atoms with Crippen molar-refractivity contribution in [3.8, 4) is 11.8 Å². The molecule has 0 bridgehead atoms. The van der Waals surface area contributed by atoms with Gasteiger partial charge in [-0.05, 0) is 30.9 Å². The second kappa shape index (κ2) is 8.30. The number of benzene rings is 1. The van der Waals surface area contributed by atoms with Crippen LogP contribution in [0.25, 0.3) is 0 Å². The Morgan fingerprint density at radius 1 is 1.31 bits per heavy atom. The number of anilines is 1. The number of rotatable bonds is 5. The molecule has 26 heavy (non-hydrogen) atoms. The maximum Gasteiger partial charge on any atom is 0.255 e. The number of ether oxygens (including phenoxy) is 1. The number of nitriles is 1. The first-order chi connectivity index (χ1) is 12.7. The highest BCUT2D eigenvalue weighted by molar-refractivity contribution is 5.96. The summed E-state index contributed by atoms with van der Waals surface area (Å²) in [4.78, 5) is 22.8. The van der Waals surface area contributed by atoms with Crippen molar-refractivity contribution in [3.63, 3.8) is 0 Å². The Balaban J connectivity index is 1.53. The summed E-state index contributed by atoms with van der Waals surface area (Å²) in [5.74, 6) is 1.50. The van der Waals surface area contributed by atoms with E-state index in [9.17, 15) is 4.79 Å². The number of hydrogen-bond donors (Lipinski definition) is 1. The van der Waals surface area contributed by atoms with Crippen molar-refractivity contribution in [3.05, 3.63) is 47.9 Å². The summed E-state index contributed by atoms with van der Waals surface area (Å²) in [5.41, 5.74) is 0.904. The molecule has 0 spiro atoms. The number of nitrogens with one attached hydrogen (secondary N) is 1. The van der Waals surface area contributed by atoms with Gasteiger partial charge in [0, 0.05) is 32.0 Å². The lowest BCUT2D eigenvalue weighted by molar-refractivity contribution is 0.0942. The first-order valence-corrected chi connectivity index (χ1v) is 8.60. The largest absolute Gasteiger partial charge is 0.496 e. The number of nitrogens with zero attached hydrogens (tertiary/aromatic N) is 4. The summed E-state index contributed by atoms with van der Waals surface area (Å²) in [5, 5.41) is 12.2. The predicted molar refractivity (Wildman–Crippen MR) is 97.0 cm³/mol. The van der Waals surface area contributed by atoms with Gasteiger partial charge >= 0.3 is 0 Å². The topological polar surface area (TPSA) is 91.1 Å². The van der Waals surface area contributed by atoms with Crippen LogP contribution in [0.3, 0.4) is 0 Å². The molecule has 0 unspecified atom stereocenters. The second-order valence-corrected chi connectivity index (χ2v) is 6.18. The average molecular weight is 351 g/mol. The van der Waals surface area contributed by atoms with E-state index < -0.39 is 0 Å². The smallest absolute Gasteiger partial charge is 0.255 e. The van der Waals surface area contributed by atoms with Crippen LogP contribution in [0, 0.1) is 17.2 Å². The third kappa shape index (κ3) is 3.91. The van der Waals surface area contributed by atoms with E-state index in [1.54, 1.807) is 25.4 Å². The summed E-state index contributed by atoms with van der Waals surface area (Å²) >= 11 is 0. The number of piperidine rings is 1. The monoisotopic (exact) mass is 351 g/mol. The molecule has 1 aromatic heterocycles. The van der Waals surface area contributed by atoms with E-state index in [4.69, 9.17) is 10.00 Å². The van der Waals surface area contributed by atoms with E-state index in [-0.39, 0.29) is 5.91 Å². The van der Waals surface area contributed by atoms with Crippen LogP contribution in [-0.2, 0) is 0 Å². The van der Waals surface area contributed by atoms with E-state index >= 15 is 0 Å². The van der Waals surface area contributed by atoms with Gasteiger partial charge in [-0.15, -0.1) is 0 Å². The van der Waals surface area contributed by atoms with Crippen molar-refractivity contribution in [2.75, 3.05) is 31.6 Å². The quantitative estimate of drug-likeness (QED) is 0.886. The van der Waals surface area contributed by atoms with Crippen molar-refractivity contribution in [2.45, 2.75) is 12.8 Å². The molecule has 1 amide bonds. The van der Waals surface area contributed by atoms with Crippen LogP contribution in [0.15, 0.2) is 36.7 Å². The van der Waals surface area contributed by atoms with E-state index in [1.165, 1.54) is 6.20 Å². The number of amides is 1. The zero-order valence-electron chi connectivity index (χ0n) is 14.7. The van der Waals surface area contributed by atoms with Gasteiger partial charge in [0.05, 0.1) is 12.7 Å². The van der Waals surface area contributed by atoms with Gasteiger partial charge in [-0.3, -0.25) is 4.79 Å². The summed E-state index contributed by atoms with van der Waals surface area (Å²) < 4.78 is 5.24. The Morgan fingerprint density at radius 2 is 2.04 bits per heavy atom. The highest BCUT2D eigenvalue weighted by Gasteiger charge is 2.23. The van der Waals surface area contributed by atoms with Gasteiger partial charge in [-0.1, -0.05) is 12.1 Å². The van der Waals surface area contributed by atoms with Crippen molar-refractivity contribution < 1.29 is 9.53 Å². The predicted octanol–water partition coefficient (Wildman–Crippen LogP) is 2.00. The lowest BCUT2D eigenvalue weighted by atomic mass is 9.96. The molecule has 1 aliphatic rings. The minimum atomic E-state index is -0.120. The molecule has 1 saturated heterocycles. The van der Waals surface area contributed by atoms with Crippen LogP contribution in [0.5, 0.6) is 5.75 Å². The minimum Gasteiger partial charge on any atom is -0.496 e. The van der Waals surface area contributed by atoms with Crippen LogP contribution in [0.2, 0.25) is 0 Å². The number of hydrogen-bond acceptors (Lipinski definition) is 6. The maximum absolute atomic E-state index is 12.4. The minimum absolute atomic E-state index is 0.120. The van der Waals surface area contributed by atoms with Gasteiger partial charge in [0.1, 0.15) is 11.8 Å². The SMILES string of the molecule is COc1ccccc1C(=O)NCC1CCN(c2nccnc2C#N)CC1. The number of para-hydroxylation sites is 1. The first kappa shape index (κ1) is 17.7. The molecular weight excluding hydrogens is 330 g/mol. The van der Waals surface area contributed by atoms with Crippen LogP contribution >= 0.6 is 0 Å². The van der Waals surface area contributed by atoms with Crippen LogP contribution in [0.4, 0.5) is 5.82 Å². The lowest BCUT2D eigenvalue weighted by Gasteiger charge is -2.32. The van der Waals surface area contributed by atoms with Crippen molar-refractivity contribution in [1.29, 1.82) is 5.26 Å². The fourth-order valence-corrected chi connectivity index (χ4v) is 3.15. The maximum atomic E-state index is 12.4. The molecule has 7 nitrogen and oxygen atoms in total. The molecule has 0 aliphatic carbocycles. The summed E-state index contributed by atoms with van der Waals surface area (Å²) in [7, 11) is 1.56. The molecule has 3 rings (SSSR count). The Bertz CT molecular complexity index is 810. The molecule has 0 atom stereocenters. The fraction of sp³-hybridized carbons (Fsp3) is 0.368. The summed E-state index contributed by atoms with van der Waals surface area (Å²) in [6.45, 7) is 2.21. The first-order valence-electron chi connectivity index (χ1n) is 8.60. The fourth-order valence-electron chi connectivity index (χ4n) is 3.15. The van der Waals surface area contributed by atoms with E-state index in [0.717, 1.165) is 25.9 Å². The Kier molecular flexibility index (Phi) is 5.64. The second-order valence-electron chi connectivity index (χ2n) is 6.18. The molecule has 7 heteroatoms. The zero-order valence-corrected chi connectivity index (χ0v) is 14.7. The van der Waals surface area contributed by atoms with Crippen molar-refractivity contribution in [2.24, 2.45) is 5.92 Å². The van der Waals surface area contributed by atoms with Gasteiger partial charge in [0.15, 0.2) is 11.5 Å². The number of carbonyl (C=O) groups is 1. The standard InChI is InChI=1S/C19H21N5O2/c1-26-17-5-3-2-4-15(17)19(25)23-13-14-6-10-24(11-7-14)18-16(12-20)21-8-9-22-18/h2-5,8-9,14H,6-7,10-11,13H2,1H3,(H,23,25). The lowest BCUT2D eigenvalue weighted by Crippen LogP contribution is -2.39. The molecule has 1 aromatic carbocycles. The Hall–Kier alpha value is -3.14. The molecule has 1 aliphatic heterocycles. The average Bonchev–Trinajstić information content (AvgIpc) is 2.72. The number of methoxy groups -OCH3 is 1. The molecule has 2 heterocycles. The number of aromatic nitrogens is 2. The Labute approximate surface area is 152 Å². The van der Waals surface area contributed by atoms with Gasteiger partial charge < -0.3 is 15.0 Å². The van der Waals surface area contributed by atoms with Crippen LogP contribution in [0.1, 0.15) is 28.9 Å². The zero-order chi connectivity index (χ0) is 18.4. The van der Waals surface area contributed by atoms with Gasteiger partial charge in [-0.2, -0.15) is 5.26 Å². The molecule has 1 fully saturated rings. The molecule has 1 N–H and O–H groups in total. The number of carbonyl (C=O) groups excluding carboxylic acids is 1. The third-order valence-corrected chi connectivity index (χ3v) is 4.60. The molecule has 0 saturated carbocycles. The summed E-state index contributed by atoms with van der Waals surface area (Å²) in [6.07, 6.45) is 4.99. The van der Waals surface area contributed by atoms with Crippen LogP contribution < -0.4 is 15.0 Å². The third-order valence-electron chi connectivity index (χ3n) is 4.60. The van der Waals surface area contributed by atoms with E-state index in [2.05, 4.69) is 26.3 Å². The van der Waals surface area contributed by atoms with E-state index in [1.807, 2.05) is 12.1 Å². The van der Waals surface area contributed by atoms with Gasteiger partial charge in [0.25, 0.3) is 5.91 Å². The normalized spacial score (nSPS) is 14.5. The molecule has 134 valence electrons. The molecular formula is C19H21N5O2. The summed E-state index contributed by atoms with van der Waals surface area (Å²) in [6, 6.07) is 9.29.